The van der Waals surface area contributed by atoms with E-state index in [1.165, 1.54) is 38.9 Å². The zero-order valence-corrected chi connectivity index (χ0v) is 15.5. The second kappa shape index (κ2) is 6.06. The topological polar surface area (TPSA) is 12.7 Å². The minimum absolute atomic E-state index is 1.17. The molecule has 3 heterocycles. The van der Waals surface area contributed by atoms with Crippen molar-refractivity contribution in [2.24, 2.45) is 14.1 Å². The Balaban J connectivity index is 1.84. The molecule has 0 spiro atoms. The van der Waals surface area contributed by atoms with Crippen molar-refractivity contribution in [1.82, 2.24) is 4.57 Å². The monoisotopic (exact) mass is 351 g/mol. The second-order valence-electron chi connectivity index (χ2n) is 6.95. The van der Waals surface area contributed by atoms with Crippen molar-refractivity contribution >= 4 is 21.8 Å². The fraction of sp³-hybridized carbons (Fsp3) is 0.0833. The Morgan fingerprint density at radius 2 is 1.19 bits per heavy atom. The molecule has 0 saturated heterocycles. The molecular formula is C24H21N3+2. The molecular weight excluding hydrogens is 330 g/mol. The molecule has 130 valence electrons. The van der Waals surface area contributed by atoms with E-state index in [4.69, 9.17) is 0 Å². The molecule has 3 heteroatoms. The van der Waals surface area contributed by atoms with Crippen molar-refractivity contribution in [3.63, 3.8) is 0 Å². The van der Waals surface area contributed by atoms with Crippen LogP contribution in [0, 0.1) is 0 Å². The van der Waals surface area contributed by atoms with Crippen molar-refractivity contribution in [3.05, 3.63) is 91.3 Å². The van der Waals surface area contributed by atoms with Gasteiger partial charge in [0.1, 0.15) is 14.1 Å². The average molecular weight is 351 g/mol. The molecule has 3 aromatic heterocycles. The number of aromatic nitrogens is 3. The van der Waals surface area contributed by atoms with Crippen molar-refractivity contribution in [2.75, 3.05) is 0 Å². The highest BCUT2D eigenvalue weighted by molar-refractivity contribution is 6.09. The number of benzene rings is 2. The van der Waals surface area contributed by atoms with Gasteiger partial charge in [-0.05, 0) is 18.2 Å². The van der Waals surface area contributed by atoms with Gasteiger partial charge < -0.3 is 4.57 Å². The highest BCUT2D eigenvalue weighted by Gasteiger charge is 2.21. The smallest absolute Gasteiger partial charge is 0.279 e. The molecule has 0 unspecified atom stereocenters. The summed E-state index contributed by atoms with van der Waals surface area (Å²) in [5, 5.41) is 2.57. The fourth-order valence-electron chi connectivity index (χ4n) is 3.94. The van der Waals surface area contributed by atoms with Crippen LogP contribution in [0.3, 0.4) is 0 Å². The van der Waals surface area contributed by atoms with Crippen LogP contribution in [-0.4, -0.2) is 4.57 Å². The average Bonchev–Trinajstić information content (AvgIpc) is 3.04. The van der Waals surface area contributed by atoms with Gasteiger partial charge in [-0.15, -0.1) is 0 Å². The number of hydrogen-bond donors (Lipinski definition) is 0. The van der Waals surface area contributed by atoms with Crippen LogP contribution < -0.4 is 9.13 Å². The standard InChI is InChI=1S/C24H21N3/c1-25-15-8-7-13-23(25)24-17-18(14-16-26(24)2)27-21-11-5-3-9-19(21)20-10-4-6-12-22(20)27/h3-17H,1-2H3/q+2. The summed E-state index contributed by atoms with van der Waals surface area (Å²) in [6.07, 6.45) is 4.23. The summed E-state index contributed by atoms with van der Waals surface area (Å²) in [6.45, 7) is 0. The molecule has 0 atom stereocenters. The predicted molar refractivity (Wildman–Crippen MR) is 109 cm³/mol. The van der Waals surface area contributed by atoms with Gasteiger partial charge in [0.25, 0.3) is 11.4 Å². The first-order valence-corrected chi connectivity index (χ1v) is 9.17. The zero-order valence-electron chi connectivity index (χ0n) is 15.5. The van der Waals surface area contributed by atoms with Crippen LogP contribution in [0.2, 0.25) is 0 Å². The zero-order chi connectivity index (χ0) is 18.4. The Hall–Kier alpha value is -3.46. The number of hydrogen-bond acceptors (Lipinski definition) is 0. The number of fused-ring (bicyclic) bond motifs is 3. The highest BCUT2D eigenvalue weighted by atomic mass is 15.0. The van der Waals surface area contributed by atoms with Crippen LogP contribution in [0.1, 0.15) is 0 Å². The summed E-state index contributed by atoms with van der Waals surface area (Å²) in [5.74, 6) is 0. The van der Waals surface area contributed by atoms with E-state index in [0.29, 0.717) is 0 Å². The third-order valence-electron chi connectivity index (χ3n) is 5.29. The first kappa shape index (κ1) is 15.8. The van der Waals surface area contributed by atoms with Gasteiger partial charge in [-0.2, -0.15) is 9.13 Å². The Bertz CT molecular complexity index is 1240. The van der Waals surface area contributed by atoms with Gasteiger partial charge in [-0.25, -0.2) is 0 Å². The molecule has 0 radical (unpaired) electrons. The number of para-hydroxylation sites is 2. The molecule has 0 fully saturated rings. The van der Waals surface area contributed by atoms with Crippen LogP contribution in [0.25, 0.3) is 38.9 Å². The first-order chi connectivity index (χ1) is 13.2. The maximum absolute atomic E-state index is 2.36. The Labute approximate surface area is 158 Å². The fourth-order valence-corrected chi connectivity index (χ4v) is 3.94. The van der Waals surface area contributed by atoms with Crippen LogP contribution in [-0.2, 0) is 14.1 Å². The van der Waals surface area contributed by atoms with Gasteiger partial charge in [0.05, 0.1) is 16.7 Å². The molecule has 27 heavy (non-hydrogen) atoms. The lowest BCUT2D eigenvalue weighted by Gasteiger charge is -2.08. The molecule has 0 aliphatic carbocycles. The highest BCUT2D eigenvalue weighted by Crippen LogP contribution is 2.32. The lowest BCUT2D eigenvalue weighted by molar-refractivity contribution is -0.690. The Kier molecular flexibility index (Phi) is 3.54. The number of pyridine rings is 2. The van der Waals surface area contributed by atoms with Gasteiger partial charge in [0.2, 0.25) is 0 Å². The van der Waals surface area contributed by atoms with E-state index >= 15 is 0 Å². The van der Waals surface area contributed by atoms with Gasteiger partial charge in [0, 0.05) is 35.0 Å². The Morgan fingerprint density at radius 1 is 0.593 bits per heavy atom. The molecule has 0 amide bonds. The van der Waals surface area contributed by atoms with E-state index < -0.39 is 0 Å². The van der Waals surface area contributed by atoms with Crippen molar-refractivity contribution in [2.45, 2.75) is 0 Å². The van der Waals surface area contributed by atoms with Gasteiger partial charge >= 0.3 is 0 Å². The molecule has 5 aromatic rings. The van der Waals surface area contributed by atoms with Crippen LogP contribution in [0.5, 0.6) is 0 Å². The summed E-state index contributed by atoms with van der Waals surface area (Å²) in [4.78, 5) is 0. The van der Waals surface area contributed by atoms with E-state index in [1.807, 2.05) is 0 Å². The van der Waals surface area contributed by atoms with E-state index in [1.54, 1.807) is 0 Å². The summed E-state index contributed by atoms with van der Waals surface area (Å²) in [6, 6.07) is 28.0. The molecule has 0 N–H and O–H groups in total. The maximum Gasteiger partial charge on any atom is 0.279 e. The molecule has 3 nitrogen and oxygen atoms in total. The summed E-state index contributed by atoms with van der Waals surface area (Å²) < 4.78 is 6.69. The van der Waals surface area contributed by atoms with Crippen molar-refractivity contribution in [3.8, 4) is 17.1 Å². The SMILES string of the molecule is C[n+]1ccccc1-c1cc(-n2c3ccccc3c3ccccc32)cc[n+]1C. The third-order valence-corrected chi connectivity index (χ3v) is 5.29. The molecule has 5 rings (SSSR count). The van der Waals surface area contributed by atoms with E-state index in [-0.39, 0.29) is 0 Å². The minimum atomic E-state index is 1.17. The van der Waals surface area contributed by atoms with E-state index in [0.717, 1.165) is 0 Å². The molecule has 0 saturated carbocycles. The van der Waals surface area contributed by atoms with Crippen molar-refractivity contribution in [1.29, 1.82) is 0 Å². The van der Waals surface area contributed by atoms with Crippen LogP contribution in [0.15, 0.2) is 91.3 Å². The molecule has 0 aliphatic heterocycles. The number of nitrogens with zero attached hydrogens (tertiary/aromatic N) is 3. The Morgan fingerprint density at radius 3 is 1.85 bits per heavy atom. The lowest BCUT2D eigenvalue weighted by atomic mass is 10.2. The normalized spacial score (nSPS) is 11.3. The van der Waals surface area contributed by atoms with Crippen molar-refractivity contribution < 1.29 is 9.13 Å². The molecule has 0 bridgehead atoms. The van der Waals surface area contributed by atoms with Crippen LogP contribution in [0.4, 0.5) is 0 Å². The van der Waals surface area contributed by atoms with Gasteiger partial charge in [0.15, 0.2) is 12.4 Å². The number of aryl methyl sites for hydroxylation is 2. The molecule has 0 aliphatic rings. The van der Waals surface area contributed by atoms with E-state index in [2.05, 4.69) is 119 Å². The molecule has 2 aromatic carbocycles. The largest absolute Gasteiger partial charge is 0.309 e. The predicted octanol–water partition coefficient (Wildman–Crippen LogP) is 4.10. The summed E-state index contributed by atoms with van der Waals surface area (Å²) in [5.41, 5.74) is 6.00. The second-order valence-corrected chi connectivity index (χ2v) is 6.95. The summed E-state index contributed by atoms with van der Waals surface area (Å²) >= 11 is 0. The van der Waals surface area contributed by atoms with E-state index in [9.17, 15) is 0 Å². The lowest BCUT2D eigenvalue weighted by Crippen LogP contribution is -2.38. The quantitative estimate of drug-likeness (QED) is 0.425. The maximum atomic E-state index is 2.36. The number of rotatable bonds is 2. The van der Waals surface area contributed by atoms with Gasteiger partial charge in [-0.3, -0.25) is 0 Å². The van der Waals surface area contributed by atoms with Crippen LogP contribution >= 0.6 is 0 Å². The summed E-state index contributed by atoms with van der Waals surface area (Å²) in [7, 11) is 4.18. The first-order valence-electron chi connectivity index (χ1n) is 9.17. The van der Waals surface area contributed by atoms with Gasteiger partial charge in [-0.1, -0.05) is 36.4 Å². The minimum Gasteiger partial charge on any atom is -0.309 e. The third kappa shape index (κ3) is 2.43.